The summed E-state index contributed by atoms with van der Waals surface area (Å²) in [5.74, 6) is -1.26. The van der Waals surface area contributed by atoms with Gasteiger partial charge in [-0.2, -0.15) is 0 Å². The fourth-order valence-corrected chi connectivity index (χ4v) is 13.6. The number of rotatable bonds is 78. The highest BCUT2D eigenvalue weighted by atomic mass is 31.2. The van der Waals surface area contributed by atoms with Gasteiger partial charge in [-0.15, -0.1) is 0 Å². The van der Waals surface area contributed by atoms with Gasteiger partial charge in [-0.25, -0.2) is 9.13 Å². The number of ether oxygens (including phenoxy) is 4. The second kappa shape index (κ2) is 71.1. The average Bonchev–Trinajstić information content (AvgIpc) is 2.07. The number of phosphoric acid groups is 2. The van der Waals surface area contributed by atoms with E-state index in [1.807, 2.05) is 0 Å². The molecule has 0 saturated heterocycles. The Kier molecular flexibility index (Phi) is 69.6. The molecule has 6 atom stereocenters. The van der Waals surface area contributed by atoms with E-state index in [-0.39, 0.29) is 25.7 Å². The van der Waals surface area contributed by atoms with Crippen LogP contribution in [0.3, 0.4) is 0 Å². The van der Waals surface area contributed by atoms with Gasteiger partial charge in [-0.05, 0) is 31.6 Å². The molecule has 0 aliphatic carbocycles. The van der Waals surface area contributed by atoms with Crippen LogP contribution < -0.4 is 0 Å². The van der Waals surface area contributed by atoms with Crippen molar-refractivity contribution >= 4 is 39.5 Å². The molecule has 0 rings (SSSR count). The van der Waals surface area contributed by atoms with Gasteiger partial charge in [0.25, 0.3) is 0 Å². The Balaban J connectivity index is 5.22. The fourth-order valence-electron chi connectivity index (χ4n) is 12.0. The van der Waals surface area contributed by atoms with Crippen molar-refractivity contribution in [2.24, 2.45) is 5.92 Å². The Morgan fingerprint density at radius 2 is 0.495 bits per heavy atom. The van der Waals surface area contributed by atoms with E-state index in [0.717, 1.165) is 95.8 Å². The molecule has 0 fully saturated rings. The molecule has 0 radical (unpaired) electrons. The lowest BCUT2D eigenvalue weighted by molar-refractivity contribution is -0.161. The number of phosphoric ester groups is 2. The summed E-state index contributed by atoms with van der Waals surface area (Å²) in [6.07, 6.45) is 60.9. The van der Waals surface area contributed by atoms with Gasteiger partial charge in [0.2, 0.25) is 0 Å². The third-order valence-electron chi connectivity index (χ3n) is 18.6. The summed E-state index contributed by atoms with van der Waals surface area (Å²) in [6, 6.07) is 0. The molecule has 0 amide bonds. The smallest absolute Gasteiger partial charge is 0.462 e. The van der Waals surface area contributed by atoms with Crippen molar-refractivity contribution in [1.29, 1.82) is 0 Å². The topological polar surface area (TPSA) is 237 Å². The van der Waals surface area contributed by atoms with E-state index in [9.17, 15) is 43.2 Å². The van der Waals surface area contributed by atoms with Gasteiger partial charge in [-0.3, -0.25) is 37.3 Å². The predicted octanol–water partition coefficient (Wildman–Crippen LogP) is 23.3. The number of aliphatic hydroxyl groups is 1. The average molecular weight is 1420 g/mol. The van der Waals surface area contributed by atoms with Gasteiger partial charge < -0.3 is 33.8 Å². The molecule has 19 heteroatoms. The zero-order chi connectivity index (χ0) is 71.2. The third kappa shape index (κ3) is 70.9. The van der Waals surface area contributed by atoms with E-state index in [0.29, 0.717) is 25.7 Å². The van der Waals surface area contributed by atoms with E-state index in [1.54, 1.807) is 0 Å². The lowest BCUT2D eigenvalue weighted by Crippen LogP contribution is -2.30. The number of esters is 4. The maximum Gasteiger partial charge on any atom is 0.472 e. The van der Waals surface area contributed by atoms with Crippen LogP contribution in [0.4, 0.5) is 0 Å². The molecule has 3 N–H and O–H groups in total. The number of aliphatic hydroxyl groups excluding tert-OH is 1. The molecule has 0 heterocycles. The highest BCUT2D eigenvalue weighted by molar-refractivity contribution is 7.47. The summed E-state index contributed by atoms with van der Waals surface area (Å²) < 4.78 is 68.6. The monoisotopic (exact) mass is 1420 g/mol. The van der Waals surface area contributed by atoms with Crippen LogP contribution in [0.2, 0.25) is 0 Å². The quantitative estimate of drug-likeness (QED) is 0.0222. The second-order valence-corrected chi connectivity index (χ2v) is 31.3. The maximum absolute atomic E-state index is 13.1. The van der Waals surface area contributed by atoms with Crippen molar-refractivity contribution in [1.82, 2.24) is 0 Å². The molecule has 0 aromatic carbocycles. The molecule has 576 valence electrons. The number of hydrogen-bond donors (Lipinski definition) is 3. The Labute approximate surface area is 594 Å². The van der Waals surface area contributed by atoms with Crippen molar-refractivity contribution in [3.63, 3.8) is 0 Å². The number of carbonyl (C=O) groups excluding carboxylic acids is 4. The van der Waals surface area contributed by atoms with Crippen LogP contribution in [0.1, 0.15) is 413 Å². The maximum atomic E-state index is 13.1. The molecule has 0 aliphatic heterocycles. The van der Waals surface area contributed by atoms with Crippen molar-refractivity contribution < 1.29 is 80.2 Å². The normalized spacial score (nSPS) is 14.2. The van der Waals surface area contributed by atoms with Crippen molar-refractivity contribution in [2.75, 3.05) is 39.6 Å². The second-order valence-electron chi connectivity index (χ2n) is 28.3. The molecule has 0 aromatic rings. The molecule has 0 spiro atoms. The lowest BCUT2D eigenvalue weighted by Gasteiger charge is -2.21. The molecule has 17 nitrogen and oxygen atoms in total. The van der Waals surface area contributed by atoms with Gasteiger partial charge in [0.15, 0.2) is 12.2 Å². The van der Waals surface area contributed by atoms with Crippen LogP contribution in [-0.4, -0.2) is 96.7 Å². The number of carbonyl (C=O) groups is 4. The summed E-state index contributed by atoms with van der Waals surface area (Å²) >= 11 is 0. The van der Waals surface area contributed by atoms with Crippen LogP contribution in [0.25, 0.3) is 0 Å². The zero-order valence-electron chi connectivity index (χ0n) is 63.2. The van der Waals surface area contributed by atoms with Crippen LogP contribution in [0.5, 0.6) is 0 Å². The van der Waals surface area contributed by atoms with Crippen LogP contribution in [-0.2, 0) is 65.4 Å². The molecular weight excluding hydrogens is 1270 g/mol. The van der Waals surface area contributed by atoms with E-state index in [1.165, 1.54) is 238 Å². The minimum absolute atomic E-state index is 0.107. The summed E-state index contributed by atoms with van der Waals surface area (Å²) in [7, 11) is -9.91. The standard InChI is InChI=1S/C78H152O17P2/c1-6-10-13-16-19-22-25-26-27-28-29-30-34-38-42-47-52-57-62-76(81)89-68-74(95-78(83)64-59-54-49-44-39-35-32-31-33-37-40-45-50-55-60-71(5)9-4)70-93-97(86,87)91-66-72(79)65-90-96(84,85)92-69-73(67-88-75(80)61-56-51-46-41-24-21-18-15-12-8-3)94-77(82)63-58-53-48-43-36-23-20-17-14-11-7-2/h71-74,79H,6-70H2,1-5H3,(H,84,85)(H,86,87)/t71?,72-,73+,74+/m0/s1. The summed E-state index contributed by atoms with van der Waals surface area (Å²) in [6.45, 7) is 7.35. The largest absolute Gasteiger partial charge is 0.472 e. The van der Waals surface area contributed by atoms with E-state index in [2.05, 4.69) is 34.6 Å². The molecule has 97 heavy (non-hydrogen) atoms. The first kappa shape index (κ1) is 95.1. The molecule has 0 saturated carbocycles. The first-order chi connectivity index (χ1) is 47.1. The van der Waals surface area contributed by atoms with Gasteiger partial charge in [-0.1, -0.05) is 362 Å². The van der Waals surface area contributed by atoms with Crippen LogP contribution in [0.15, 0.2) is 0 Å². The van der Waals surface area contributed by atoms with Crippen LogP contribution >= 0.6 is 15.6 Å². The first-order valence-corrected chi connectivity index (χ1v) is 43.7. The third-order valence-corrected chi connectivity index (χ3v) is 20.5. The first-order valence-electron chi connectivity index (χ1n) is 40.7. The van der Waals surface area contributed by atoms with E-state index >= 15 is 0 Å². The number of hydrogen-bond acceptors (Lipinski definition) is 15. The predicted molar refractivity (Wildman–Crippen MR) is 395 cm³/mol. The Hall–Kier alpha value is -1.94. The van der Waals surface area contributed by atoms with Crippen molar-refractivity contribution in [3.05, 3.63) is 0 Å². The summed E-state index contributed by atoms with van der Waals surface area (Å²) in [5.41, 5.74) is 0. The lowest BCUT2D eigenvalue weighted by atomic mass is 9.99. The Bertz CT molecular complexity index is 1860. The summed E-state index contributed by atoms with van der Waals surface area (Å²) in [5, 5.41) is 10.6. The molecule has 0 bridgehead atoms. The number of unbranched alkanes of at least 4 members (excludes halogenated alkanes) is 49. The highest BCUT2D eigenvalue weighted by Crippen LogP contribution is 2.45. The minimum Gasteiger partial charge on any atom is -0.462 e. The summed E-state index contributed by atoms with van der Waals surface area (Å²) in [4.78, 5) is 72.8. The van der Waals surface area contributed by atoms with Crippen molar-refractivity contribution in [2.45, 2.75) is 432 Å². The van der Waals surface area contributed by atoms with Crippen LogP contribution in [0, 0.1) is 5.92 Å². The SMILES string of the molecule is CCCCCCCCCCCCCCCCCCCCC(=O)OC[C@H](COP(=O)(O)OC[C@@H](O)COP(=O)(O)OC[C@@H](COC(=O)CCCCCCCCCCCC)OC(=O)CCCCCCCCCCCCC)OC(=O)CCCCCCCCCCCCCCCCC(C)CC. The zero-order valence-corrected chi connectivity index (χ0v) is 65.0. The fraction of sp³-hybridized carbons (Fsp3) is 0.949. The van der Waals surface area contributed by atoms with E-state index < -0.39 is 97.5 Å². The Morgan fingerprint density at radius 1 is 0.289 bits per heavy atom. The highest BCUT2D eigenvalue weighted by Gasteiger charge is 2.30. The molecule has 3 unspecified atom stereocenters. The van der Waals surface area contributed by atoms with Gasteiger partial charge >= 0.3 is 39.5 Å². The van der Waals surface area contributed by atoms with Crippen molar-refractivity contribution in [3.8, 4) is 0 Å². The van der Waals surface area contributed by atoms with Gasteiger partial charge in [0.1, 0.15) is 19.3 Å². The minimum atomic E-state index is -4.96. The van der Waals surface area contributed by atoms with Gasteiger partial charge in [0, 0.05) is 25.7 Å². The molecule has 0 aliphatic rings. The Morgan fingerprint density at radius 3 is 0.732 bits per heavy atom. The molecule has 0 aromatic heterocycles. The van der Waals surface area contributed by atoms with E-state index in [4.69, 9.17) is 37.0 Å². The molecular formula is C78H152O17P2. The van der Waals surface area contributed by atoms with Gasteiger partial charge in [0.05, 0.1) is 26.4 Å².